The average Bonchev–Trinajstić information content (AvgIpc) is 2.69. The molecule has 0 saturated carbocycles. The Balaban J connectivity index is 1.96. The van der Waals surface area contributed by atoms with E-state index in [1.54, 1.807) is 0 Å². The number of hydrogen-bond acceptors (Lipinski definition) is 5. The molecule has 0 spiro atoms. The van der Waals surface area contributed by atoms with Gasteiger partial charge in [-0.1, -0.05) is 37.6 Å². The number of nitrogens with one attached hydrogen (secondary N) is 2. The molecule has 31 heavy (non-hydrogen) atoms. The molecule has 1 aliphatic rings. The standard InChI is InChI=1S/C26H39N3OS/c1-18(2)16-30-17-23(29-15-21-9-6-10-24(31)13-21)12-11-22(27)14-25(28)26-19(3)7-5-8-20(26)4/h6-7,9-10,13-14,18,23,28-29,31H,5,8,11-12,15-17,27H2,1-4H3/b22-14-,28-25?/t23-/m0/s1. The Bertz CT molecular complexity index is 839. The lowest BCUT2D eigenvalue weighted by atomic mass is 9.89. The Kier molecular flexibility index (Phi) is 10.6. The first-order valence-electron chi connectivity index (χ1n) is 11.3. The monoisotopic (exact) mass is 441 g/mol. The maximum Gasteiger partial charge on any atom is 0.0631 e. The zero-order chi connectivity index (χ0) is 22.8. The van der Waals surface area contributed by atoms with Crippen LogP contribution in [-0.2, 0) is 11.3 Å². The fraction of sp³-hybridized carbons (Fsp3) is 0.500. The van der Waals surface area contributed by atoms with Crippen LogP contribution in [0.15, 0.2) is 63.7 Å². The van der Waals surface area contributed by atoms with Gasteiger partial charge in [0.25, 0.3) is 0 Å². The molecule has 2 rings (SSSR count). The minimum Gasteiger partial charge on any atom is -0.402 e. The summed E-state index contributed by atoms with van der Waals surface area (Å²) in [5, 5.41) is 12.1. The maximum atomic E-state index is 8.53. The van der Waals surface area contributed by atoms with E-state index in [0.29, 0.717) is 18.2 Å². The number of ether oxygens (including phenoxy) is 1. The van der Waals surface area contributed by atoms with E-state index in [2.05, 4.69) is 63.8 Å². The number of thiol groups is 1. The first-order chi connectivity index (χ1) is 14.8. The third kappa shape index (κ3) is 9.06. The van der Waals surface area contributed by atoms with Gasteiger partial charge in [-0.05, 0) is 74.8 Å². The molecule has 170 valence electrons. The van der Waals surface area contributed by atoms with Crippen LogP contribution in [0.1, 0.15) is 58.9 Å². The van der Waals surface area contributed by atoms with Gasteiger partial charge >= 0.3 is 0 Å². The van der Waals surface area contributed by atoms with Crippen molar-refractivity contribution in [2.75, 3.05) is 13.2 Å². The first-order valence-corrected chi connectivity index (χ1v) is 11.7. The highest BCUT2D eigenvalue weighted by molar-refractivity contribution is 7.80. The summed E-state index contributed by atoms with van der Waals surface area (Å²) in [5.74, 6) is 0.509. The Hall–Kier alpha value is -1.82. The summed E-state index contributed by atoms with van der Waals surface area (Å²) in [4.78, 5) is 0.967. The summed E-state index contributed by atoms with van der Waals surface area (Å²) in [6.07, 6.45) is 7.72. The van der Waals surface area contributed by atoms with E-state index in [4.69, 9.17) is 15.9 Å². The molecule has 0 bridgehead atoms. The van der Waals surface area contributed by atoms with Crippen LogP contribution in [0.25, 0.3) is 0 Å². The van der Waals surface area contributed by atoms with E-state index in [1.165, 1.54) is 16.7 Å². The summed E-state index contributed by atoms with van der Waals surface area (Å²) in [6.45, 7) is 10.7. The minimum absolute atomic E-state index is 0.195. The lowest BCUT2D eigenvalue weighted by Gasteiger charge is -2.20. The summed E-state index contributed by atoms with van der Waals surface area (Å²) in [7, 11) is 0. The van der Waals surface area contributed by atoms with Gasteiger partial charge in [-0.15, -0.1) is 12.6 Å². The van der Waals surface area contributed by atoms with Gasteiger partial charge in [0.2, 0.25) is 0 Å². The van der Waals surface area contributed by atoms with Crippen LogP contribution < -0.4 is 11.1 Å². The normalized spacial score (nSPS) is 15.9. The van der Waals surface area contributed by atoms with Crippen molar-refractivity contribution in [3.63, 3.8) is 0 Å². The molecule has 0 radical (unpaired) electrons. The molecule has 1 aliphatic carbocycles. The predicted octanol–water partition coefficient (Wildman–Crippen LogP) is 5.81. The Morgan fingerprint density at radius 2 is 2.06 bits per heavy atom. The van der Waals surface area contributed by atoms with E-state index >= 15 is 0 Å². The second-order valence-electron chi connectivity index (χ2n) is 8.93. The van der Waals surface area contributed by atoms with E-state index in [-0.39, 0.29) is 6.04 Å². The number of benzene rings is 1. The minimum atomic E-state index is 0.195. The highest BCUT2D eigenvalue weighted by Crippen LogP contribution is 2.26. The Morgan fingerprint density at radius 1 is 1.29 bits per heavy atom. The molecule has 1 aromatic rings. The van der Waals surface area contributed by atoms with Crippen LogP contribution >= 0.6 is 12.6 Å². The van der Waals surface area contributed by atoms with Gasteiger partial charge in [0.15, 0.2) is 0 Å². The number of nitrogens with two attached hydrogens (primary N) is 1. The van der Waals surface area contributed by atoms with Crippen molar-refractivity contribution < 1.29 is 4.74 Å². The molecule has 0 amide bonds. The third-order valence-corrected chi connectivity index (χ3v) is 5.73. The fourth-order valence-electron chi connectivity index (χ4n) is 3.80. The molecule has 4 N–H and O–H groups in total. The highest BCUT2D eigenvalue weighted by atomic mass is 32.1. The molecule has 0 saturated heterocycles. The molecule has 5 heteroatoms. The largest absolute Gasteiger partial charge is 0.402 e. The Labute approximate surface area is 193 Å². The first kappa shape index (κ1) is 25.4. The zero-order valence-corrected chi connectivity index (χ0v) is 20.4. The lowest BCUT2D eigenvalue weighted by Crippen LogP contribution is -2.34. The van der Waals surface area contributed by atoms with Crippen LogP contribution in [0, 0.1) is 11.3 Å². The maximum absolute atomic E-state index is 8.53. The van der Waals surface area contributed by atoms with Gasteiger partial charge in [0.05, 0.1) is 12.3 Å². The van der Waals surface area contributed by atoms with Crippen LogP contribution in [0.3, 0.4) is 0 Å². The van der Waals surface area contributed by atoms with Crippen molar-refractivity contribution >= 4 is 18.3 Å². The van der Waals surface area contributed by atoms with Gasteiger partial charge in [-0.2, -0.15) is 0 Å². The fourth-order valence-corrected chi connectivity index (χ4v) is 4.05. The van der Waals surface area contributed by atoms with Crippen LogP contribution in [0.4, 0.5) is 0 Å². The molecular weight excluding hydrogens is 402 g/mol. The van der Waals surface area contributed by atoms with Crippen molar-refractivity contribution in [2.45, 2.75) is 70.9 Å². The molecular formula is C26H39N3OS. The molecule has 1 atom stereocenters. The molecule has 4 nitrogen and oxygen atoms in total. The van der Waals surface area contributed by atoms with Gasteiger partial charge in [-0.25, -0.2) is 0 Å². The molecule has 0 fully saturated rings. The van der Waals surface area contributed by atoms with Crippen molar-refractivity contribution in [3.05, 3.63) is 64.4 Å². The molecule has 1 aromatic carbocycles. The van der Waals surface area contributed by atoms with Crippen molar-refractivity contribution in [1.82, 2.24) is 5.32 Å². The zero-order valence-electron chi connectivity index (χ0n) is 19.5. The quantitative estimate of drug-likeness (QED) is 0.244. The van der Waals surface area contributed by atoms with Crippen LogP contribution in [0.5, 0.6) is 0 Å². The van der Waals surface area contributed by atoms with Gasteiger partial charge in [0.1, 0.15) is 0 Å². The van der Waals surface area contributed by atoms with Gasteiger partial charge < -0.3 is 21.2 Å². The van der Waals surface area contributed by atoms with Crippen molar-refractivity contribution in [1.29, 1.82) is 5.41 Å². The van der Waals surface area contributed by atoms with E-state index < -0.39 is 0 Å². The average molecular weight is 442 g/mol. The number of rotatable bonds is 12. The van der Waals surface area contributed by atoms with Gasteiger partial charge in [0, 0.05) is 35.4 Å². The van der Waals surface area contributed by atoms with Crippen LogP contribution in [0.2, 0.25) is 0 Å². The van der Waals surface area contributed by atoms with Crippen molar-refractivity contribution in [2.24, 2.45) is 11.7 Å². The summed E-state index contributed by atoms with van der Waals surface area (Å²) in [6, 6.07) is 8.38. The second kappa shape index (κ2) is 12.9. The van der Waals surface area contributed by atoms with Crippen LogP contribution in [-0.4, -0.2) is 25.0 Å². The number of hydrogen-bond donors (Lipinski definition) is 4. The smallest absolute Gasteiger partial charge is 0.0631 e. The molecule has 0 aliphatic heterocycles. The molecule has 0 aromatic heterocycles. The summed E-state index contributed by atoms with van der Waals surface area (Å²) >= 11 is 4.43. The second-order valence-corrected chi connectivity index (χ2v) is 9.45. The van der Waals surface area contributed by atoms with Crippen molar-refractivity contribution in [3.8, 4) is 0 Å². The molecule has 0 heterocycles. The van der Waals surface area contributed by atoms with E-state index in [1.807, 2.05) is 18.2 Å². The predicted molar refractivity (Wildman–Crippen MR) is 135 cm³/mol. The Morgan fingerprint density at radius 3 is 2.74 bits per heavy atom. The summed E-state index contributed by atoms with van der Waals surface area (Å²) < 4.78 is 5.91. The lowest BCUT2D eigenvalue weighted by molar-refractivity contribution is 0.0876. The van der Waals surface area contributed by atoms with E-state index in [9.17, 15) is 0 Å². The van der Waals surface area contributed by atoms with E-state index in [0.717, 1.165) is 55.0 Å². The summed E-state index contributed by atoms with van der Waals surface area (Å²) in [5.41, 5.74) is 12.3. The number of allylic oxidation sites excluding steroid dienone is 6. The third-order valence-electron chi connectivity index (χ3n) is 5.45. The molecule has 0 unspecified atom stereocenters. The highest BCUT2D eigenvalue weighted by Gasteiger charge is 2.14. The van der Waals surface area contributed by atoms with Gasteiger partial charge in [-0.3, -0.25) is 0 Å². The SMILES string of the molecule is CC1=CCCC(C)=C1C(=N)/C=C(\N)CC[C@@H](COCC(C)C)NCc1cccc(S)c1. The topological polar surface area (TPSA) is 71.1 Å².